The maximum absolute atomic E-state index is 13.3. The van der Waals surface area contributed by atoms with Gasteiger partial charge in [0.05, 0.1) is 18.7 Å². The highest BCUT2D eigenvalue weighted by Gasteiger charge is 2.39. The Kier molecular flexibility index (Phi) is 6.68. The van der Waals surface area contributed by atoms with E-state index in [2.05, 4.69) is 5.16 Å². The van der Waals surface area contributed by atoms with Gasteiger partial charge in [-0.25, -0.2) is 8.42 Å². The Bertz CT molecular complexity index is 1190. The van der Waals surface area contributed by atoms with Gasteiger partial charge in [0, 0.05) is 39.1 Å². The molecular weight excluding hydrogens is 460 g/mol. The van der Waals surface area contributed by atoms with Crippen LogP contribution in [0.4, 0.5) is 5.69 Å². The number of aromatic nitrogens is 1. The van der Waals surface area contributed by atoms with E-state index in [9.17, 15) is 18.0 Å². The van der Waals surface area contributed by atoms with Crippen molar-refractivity contribution in [1.82, 2.24) is 14.4 Å². The Labute approximate surface area is 199 Å². The molecule has 2 amide bonds. The van der Waals surface area contributed by atoms with Crippen LogP contribution in [-0.4, -0.2) is 74.4 Å². The predicted octanol–water partition coefficient (Wildman–Crippen LogP) is 1.88. The van der Waals surface area contributed by atoms with Crippen LogP contribution in [-0.2, 0) is 19.6 Å². The molecule has 0 aliphatic carbocycles. The highest BCUT2D eigenvalue weighted by molar-refractivity contribution is 7.89. The van der Waals surface area contributed by atoms with Gasteiger partial charge in [-0.15, -0.1) is 0 Å². The molecule has 2 saturated heterocycles. The number of sulfonamides is 1. The fourth-order valence-corrected chi connectivity index (χ4v) is 6.46. The molecule has 1 unspecified atom stereocenters. The average Bonchev–Trinajstić information content (AvgIpc) is 3.23. The van der Waals surface area contributed by atoms with Crippen molar-refractivity contribution in [2.75, 3.05) is 44.7 Å². The second-order valence-electron chi connectivity index (χ2n) is 8.82. The van der Waals surface area contributed by atoms with Crippen LogP contribution in [0.3, 0.4) is 0 Å². The smallest absolute Gasteiger partial charge is 0.248 e. The molecule has 34 heavy (non-hydrogen) atoms. The minimum atomic E-state index is -3.77. The summed E-state index contributed by atoms with van der Waals surface area (Å²) in [7, 11) is -2.22. The minimum absolute atomic E-state index is 0.0939. The number of methoxy groups -OCH3 is 1. The van der Waals surface area contributed by atoms with Gasteiger partial charge in [0.1, 0.15) is 16.3 Å². The van der Waals surface area contributed by atoms with Crippen LogP contribution in [0.15, 0.2) is 27.6 Å². The molecule has 2 aliphatic rings. The van der Waals surface area contributed by atoms with E-state index < -0.39 is 15.9 Å². The number of benzene rings is 1. The van der Waals surface area contributed by atoms with Crippen LogP contribution in [0, 0.1) is 26.7 Å². The Morgan fingerprint density at radius 1 is 1.15 bits per heavy atom. The van der Waals surface area contributed by atoms with Gasteiger partial charge < -0.3 is 19.1 Å². The van der Waals surface area contributed by atoms with Crippen molar-refractivity contribution in [1.29, 1.82) is 0 Å². The SMILES string of the molecule is COc1ccc(C)cc1N1CC(C(=O)N2CCCN(S(=O)(=O)c3c(C)noc3C)CC2)CC1=O. The quantitative estimate of drug-likeness (QED) is 0.629. The molecule has 0 saturated carbocycles. The average molecular weight is 491 g/mol. The number of hydrogen-bond acceptors (Lipinski definition) is 7. The molecular formula is C23H30N4O6S. The number of anilines is 1. The summed E-state index contributed by atoms with van der Waals surface area (Å²) < 4.78 is 38.2. The molecule has 10 nitrogen and oxygen atoms in total. The van der Waals surface area contributed by atoms with Gasteiger partial charge in [0.25, 0.3) is 0 Å². The van der Waals surface area contributed by atoms with Crippen LogP contribution >= 0.6 is 0 Å². The molecule has 2 aliphatic heterocycles. The Morgan fingerprint density at radius 2 is 1.91 bits per heavy atom. The van der Waals surface area contributed by atoms with Crippen molar-refractivity contribution >= 4 is 27.5 Å². The summed E-state index contributed by atoms with van der Waals surface area (Å²) in [5.74, 6) is 0.106. The number of rotatable bonds is 5. The molecule has 0 radical (unpaired) electrons. The summed E-state index contributed by atoms with van der Waals surface area (Å²) in [4.78, 5) is 29.5. The number of carbonyl (C=O) groups is 2. The van der Waals surface area contributed by atoms with Crippen LogP contribution in [0.5, 0.6) is 5.75 Å². The first-order chi connectivity index (χ1) is 16.1. The van der Waals surface area contributed by atoms with E-state index in [1.165, 1.54) is 4.31 Å². The molecule has 4 rings (SSSR count). The van der Waals surface area contributed by atoms with Gasteiger partial charge >= 0.3 is 0 Å². The van der Waals surface area contributed by atoms with Crippen molar-refractivity contribution < 1.29 is 27.3 Å². The number of aryl methyl sites for hydroxylation is 3. The fourth-order valence-electron chi connectivity index (χ4n) is 4.70. The van der Waals surface area contributed by atoms with E-state index in [1.807, 2.05) is 25.1 Å². The van der Waals surface area contributed by atoms with Crippen molar-refractivity contribution in [3.63, 3.8) is 0 Å². The van der Waals surface area contributed by atoms with Gasteiger partial charge in [-0.3, -0.25) is 9.59 Å². The van der Waals surface area contributed by atoms with E-state index in [0.717, 1.165) is 5.56 Å². The normalized spacial score (nSPS) is 20.0. The molecule has 1 atom stereocenters. The summed E-state index contributed by atoms with van der Waals surface area (Å²) >= 11 is 0. The van der Waals surface area contributed by atoms with E-state index >= 15 is 0 Å². The van der Waals surface area contributed by atoms with Crippen LogP contribution in [0.25, 0.3) is 0 Å². The van der Waals surface area contributed by atoms with E-state index in [4.69, 9.17) is 9.26 Å². The second-order valence-corrected chi connectivity index (χ2v) is 10.7. The number of ether oxygens (including phenoxy) is 1. The zero-order valence-electron chi connectivity index (χ0n) is 19.9. The molecule has 2 fully saturated rings. The first-order valence-electron chi connectivity index (χ1n) is 11.3. The Morgan fingerprint density at radius 3 is 2.59 bits per heavy atom. The number of carbonyl (C=O) groups excluding carboxylic acids is 2. The number of amides is 2. The van der Waals surface area contributed by atoms with Gasteiger partial charge in [-0.2, -0.15) is 4.31 Å². The maximum atomic E-state index is 13.3. The van der Waals surface area contributed by atoms with Crippen molar-refractivity contribution in [3.8, 4) is 5.75 Å². The lowest BCUT2D eigenvalue weighted by molar-refractivity contribution is -0.135. The summed E-state index contributed by atoms with van der Waals surface area (Å²) in [6.07, 6.45) is 0.623. The standard InChI is InChI=1S/C23H30N4O6S/c1-15-6-7-20(32-4)19(12-15)27-14-18(13-21(27)28)23(29)25-8-5-9-26(11-10-25)34(30,31)22-16(2)24-33-17(22)3/h6-7,12,18H,5,8-11,13-14H2,1-4H3. The number of hydrogen-bond donors (Lipinski definition) is 0. The summed E-state index contributed by atoms with van der Waals surface area (Å²) in [6, 6.07) is 5.61. The Hall–Kier alpha value is -2.92. The molecule has 0 bridgehead atoms. The molecule has 0 N–H and O–H groups in total. The molecule has 2 aromatic rings. The third-order valence-corrected chi connectivity index (χ3v) is 8.58. The first-order valence-corrected chi connectivity index (χ1v) is 12.7. The van der Waals surface area contributed by atoms with Crippen molar-refractivity contribution in [3.05, 3.63) is 35.2 Å². The van der Waals surface area contributed by atoms with Crippen molar-refractivity contribution in [2.24, 2.45) is 5.92 Å². The van der Waals surface area contributed by atoms with Gasteiger partial charge in [0.15, 0.2) is 5.76 Å². The fraction of sp³-hybridized carbons (Fsp3) is 0.522. The monoisotopic (exact) mass is 490 g/mol. The molecule has 3 heterocycles. The maximum Gasteiger partial charge on any atom is 0.248 e. The third kappa shape index (κ3) is 4.41. The van der Waals surface area contributed by atoms with Crippen molar-refractivity contribution in [2.45, 2.75) is 38.5 Å². The number of nitrogens with zero attached hydrogens (tertiary/aromatic N) is 4. The van der Waals surface area contributed by atoms with E-state index in [0.29, 0.717) is 36.6 Å². The van der Waals surface area contributed by atoms with Crippen LogP contribution in [0.1, 0.15) is 29.9 Å². The lowest BCUT2D eigenvalue weighted by Gasteiger charge is -2.25. The Balaban J connectivity index is 1.46. The molecule has 11 heteroatoms. The van der Waals surface area contributed by atoms with Gasteiger partial charge in [0.2, 0.25) is 21.8 Å². The van der Waals surface area contributed by atoms with Crippen LogP contribution in [0.2, 0.25) is 0 Å². The summed E-state index contributed by atoms with van der Waals surface area (Å²) in [5.41, 5.74) is 1.98. The topological polar surface area (TPSA) is 113 Å². The lowest BCUT2D eigenvalue weighted by Crippen LogP contribution is -2.40. The lowest BCUT2D eigenvalue weighted by atomic mass is 10.1. The van der Waals surface area contributed by atoms with E-state index in [-0.39, 0.29) is 48.5 Å². The highest BCUT2D eigenvalue weighted by Crippen LogP contribution is 2.34. The first kappa shape index (κ1) is 24.2. The summed E-state index contributed by atoms with van der Waals surface area (Å²) in [6.45, 7) is 6.56. The molecule has 184 valence electrons. The zero-order chi connectivity index (χ0) is 24.6. The molecule has 1 aromatic carbocycles. The van der Waals surface area contributed by atoms with E-state index in [1.54, 1.807) is 30.8 Å². The second kappa shape index (κ2) is 9.38. The minimum Gasteiger partial charge on any atom is -0.495 e. The predicted molar refractivity (Wildman–Crippen MR) is 124 cm³/mol. The highest BCUT2D eigenvalue weighted by atomic mass is 32.2. The largest absolute Gasteiger partial charge is 0.495 e. The van der Waals surface area contributed by atoms with Gasteiger partial charge in [-0.1, -0.05) is 11.2 Å². The van der Waals surface area contributed by atoms with Gasteiger partial charge in [-0.05, 0) is 44.9 Å². The zero-order valence-corrected chi connectivity index (χ0v) is 20.7. The molecule has 0 spiro atoms. The molecule has 1 aromatic heterocycles. The summed E-state index contributed by atoms with van der Waals surface area (Å²) in [5, 5.41) is 3.76. The van der Waals surface area contributed by atoms with Crippen LogP contribution < -0.4 is 9.64 Å². The third-order valence-electron chi connectivity index (χ3n) is 6.43.